The summed E-state index contributed by atoms with van der Waals surface area (Å²) in [6, 6.07) is 10.7. The van der Waals surface area contributed by atoms with Crippen molar-refractivity contribution in [3.8, 4) is 0 Å². The lowest BCUT2D eigenvalue weighted by Gasteiger charge is -2.35. The molecule has 0 bridgehead atoms. The molecule has 0 N–H and O–H groups in total. The zero-order valence-electron chi connectivity index (χ0n) is 19.0. The summed E-state index contributed by atoms with van der Waals surface area (Å²) in [6.45, 7) is 2.05. The number of aryl methyl sites for hydroxylation is 1. The Hall–Kier alpha value is -3.31. The second-order valence-corrected chi connectivity index (χ2v) is 10.5. The average Bonchev–Trinajstić information content (AvgIpc) is 3.68. The molecule has 2 aromatic rings. The molecule has 0 spiro atoms. The molecule has 1 aliphatic carbocycles. The highest BCUT2D eigenvalue weighted by atomic mass is 32.2. The van der Waals surface area contributed by atoms with Gasteiger partial charge in [-0.3, -0.25) is 19.7 Å². The van der Waals surface area contributed by atoms with Crippen molar-refractivity contribution in [3.05, 3.63) is 63.7 Å². The zero-order valence-corrected chi connectivity index (χ0v) is 19.8. The van der Waals surface area contributed by atoms with Crippen LogP contribution in [0.1, 0.15) is 28.8 Å². The minimum Gasteiger partial charge on any atom is -0.336 e. The highest BCUT2D eigenvalue weighted by Gasteiger charge is 2.35. The van der Waals surface area contributed by atoms with Crippen LogP contribution < -0.4 is 4.90 Å². The van der Waals surface area contributed by atoms with Crippen LogP contribution >= 0.6 is 0 Å². The number of non-ortho nitro benzene ring substituents is 1. The molecule has 2 fully saturated rings. The second kappa shape index (κ2) is 9.15. The predicted octanol–water partition coefficient (Wildman–Crippen LogP) is 2.42. The van der Waals surface area contributed by atoms with Gasteiger partial charge in [0.05, 0.1) is 21.1 Å². The zero-order chi connectivity index (χ0) is 24.6. The van der Waals surface area contributed by atoms with Crippen LogP contribution in [-0.2, 0) is 14.8 Å². The SMILES string of the molecule is Cc1ccc([N+](=O)[O-])cc1S(=O)(=O)N1CCN(C(=O)c2ccccc2N(C)C(=O)C2CC2)CC1. The first-order valence-corrected chi connectivity index (χ1v) is 12.5. The Bertz CT molecular complexity index is 1250. The molecule has 1 saturated carbocycles. The number of carbonyl (C=O) groups excluding carboxylic acids is 2. The van der Waals surface area contributed by atoms with E-state index < -0.39 is 14.9 Å². The van der Waals surface area contributed by atoms with Gasteiger partial charge in [-0.2, -0.15) is 4.31 Å². The maximum absolute atomic E-state index is 13.3. The van der Waals surface area contributed by atoms with Gasteiger partial charge >= 0.3 is 0 Å². The third kappa shape index (κ3) is 4.53. The van der Waals surface area contributed by atoms with Crippen LogP contribution in [0.3, 0.4) is 0 Å². The first-order chi connectivity index (χ1) is 16.1. The topological polar surface area (TPSA) is 121 Å². The molecule has 2 amide bonds. The van der Waals surface area contributed by atoms with Gasteiger partial charge in [-0.1, -0.05) is 18.2 Å². The van der Waals surface area contributed by atoms with E-state index in [9.17, 15) is 28.1 Å². The van der Waals surface area contributed by atoms with Crippen LogP contribution in [0.25, 0.3) is 0 Å². The van der Waals surface area contributed by atoms with E-state index in [0.717, 1.165) is 18.9 Å². The average molecular weight is 487 g/mol. The Kier molecular flexibility index (Phi) is 6.41. The van der Waals surface area contributed by atoms with E-state index >= 15 is 0 Å². The minimum absolute atomic E-state index is 0.0107. The standard InChI is InChI=1S/C23H26N4O6S/c1-16-7-10-18(27(30)31)15-21(16)34(32,33)26-13-11-25(12-14-26)23(29)19-5-3-4-6-20(19)24(2)22(28)17-8-9-17/h3-7,10,15,17H,8-9,11-14H2,1-2H3. The molecule has 10 nitrogen and oxygen atoms in total. The predicted molar refractivity (Wildman–Crippen MR) is 125 cm³/mol. The largest absolute Gasteiger partial charge is 0.336 e. The summed E-state index contributed by atoms with van der Waals surface area (Å²) >= 11 is 0. The summed E-state index contributed by atoms with van der Waals surface area (Å²) in [4.78, 5) is 39.3. The van der Waals surface area contributed by atoms with E-state index in [-0.39, 0.29) is 54.5 Å². The molecule has 0 atom stereocenters. The number of para-hydroxylation sites is 1. The number of rotatable bonds is 6. The first kappa shape index (κ1) is 23.8. The molecule has 0 radical (unpaired) electrons. The third-order valence-corrected chi connectivity index (χ3v) is 8.32. The number of benzene rings is 2. The minimum atomic E-state index is -3.96. The molecule has 2 aliphatic rings. The van der Waals surface area contributed by atoms with Crippen molar-refractivity contribution in [3.63, 3.8) is 0 Å². The van der Waals surface area contributed by atoms with E-state index in [4.69, 9.17) is 0 Å². The fourth-order valence-electron chi connectivity index (χ4n) is 4.09. The number of carbonyl (C=O) groups is 2. The van der Waals surface area contributed by atoms with E-state index in [2.05, 4.69) is 0 Å². The molecule has 0 unspecified atom stereocenters. The molecule has 4 rings (SSSR count). The summed E-state index contributed by atoms with van der Waals surface area (Å²) in [7, 11) is -2.29. The summed E-state index contributed by atoms with van der Waals surface area (Å²) in [5.41, 5.74) is 1.05. The van der Waals surface area contributed by atoms with Crippen LogP contribution in [0.15, 0.2) is 47.4 Å². The first-order valence-electron chi connectivity index (χ1n) is 11.0. The molecule has 1 heterocycles. The van der Waals surface area contributed by atoms with Gasteiger partial charge in [0, 0.05) is 51.3 Å². The van der Waals surface area contributed by atoms with E-state index in [1.54, 1.807) is 43.1 Å². The van der Waals surface area contributed by atoms with Crippen molar-refractivity contribution in [1.82, 2.24) is 9.21 Å². The molecule has 1 aliphatic heterocycles. The molecular weight excluding hydrogens is 460 g/mol. The van der Waals surface area contributed by atoms with Crippen LogP contribution in [0, 0.1) is 23.0 Å². The van der Waals surface area contributed by atoms with E-state index in [0.29, 0.717) is 16.8 Å². The van der Waals surface area contributed by atoms with Crippen molar-refractivity contribution >= 4 is 33.2 Å². The highest BCUT2D eigenvalue weighted by Crippen LogP contribution is 2.33. The van der Waals surface area contributed by atoms with Crippen molar-refractivity contribution in [1.29, 1.82) is 0 Å². The van der Waals surface area contributed by atoms with E-state index in [1.165, 1.54) is 21.3 Å². The van der Waals surface area contributed by atoms with Crippen LogP contribution in [-0.4, -0.2) is 67.6 Å². The number of sulfonamides is 1. The molecule has 1 saturated heterocycles. The maximum atomic E-state index is 13.3. The van der Waals surface area contributed by atoms with Crippen molar-refractivity contribution < 1.29 is 22.9 Å². The number of anilines is 1. The van der Waals surface area contributed by atoms with Crippen LogP contribution in [0.2, 0.25) is 0 Å². The monoisotopic (exact) mass is 486 g/mol. The molecule has 34 heavy (non-hydrogen) atoms. The lowest BCUT2D eigenvalue weighted by Crippen LogP contribution is -2.50. The second-order valence-electron chi connectivity index (χ2n) is 8.59. The molecular formula is C23H26N4O6S. The number of nitro groups is 1. The van der Waals surface area contributed by atoms with Gasteiger partial charge in [0.15, 0.2) is 0 Å². The number of nitro benzene ring substituents is 1. The third-order valence-electron chi connectivity index (χ3n) is 6.28. The Labute approximate surface area is 198 Å². The molecule has 2 aromatic carbocycles. The van der Waals surface area contributed by atoms with Crippen molar-refractivity contribution in [2.45, 2.75) is 24.7 Å². The fraction of sp³-hybridized carbons (Fsp3) is 0.391. The van der Waals surface area contributed by atoms with Crippen LogP contribution in [0.5, 0.6) is 0 Å². The fourth-order valence-corrected chi connectivity index (χ4v) is 5.76. The number of hydrogen-bond acceptors (Lipinski definition) is 6. The van der Waals surface area contributed by atoms with Gasteiger partial charge in [-0.05, 0) is 37.5 Å². The number of piperazine rings is 1. The lowest BCUT2D eigenvalue weighted by molar-refractivity contribution is -0.385. The van der Waals surface area contributed by atoms with Gasteiger partial charge in [0.1, 0.15) is 0 Å². The summed E-state index contributed by atoms with van der Waals surface area (Å²) in [6.07, 6.45) is 1.72. The summed E-state index contributed by atoms with van der Waals surface area (Å²) < 4.78 is 27.6. The normalized spacial score (nSPS) is 16.8. The van der Waals surface area contributed by atoms with Crippen molar-refractivity contribution in [2.75, 3.05) is 38.1 Å². The van der Waals surface area contributed by atoms with Crippen molar-refractivity contribution in [2.24, 2.45) is 5.92 Å². The Morgan fingerprint density at radius 1 is 1.06 bits per heavy atom. The van der Waals surface area contributed by atoms with Gasteiger partial charge < -0.3 is 9.80 Å². The smallest absolute Gasteiger partial charge is 0.270 e. The van der Waals surface area contributed by atoms with Crippen LogP contribution in [0.4, 0.5) is 11.4 Å². The summed E-state index contributed by atoms with van der Waals surface area (Å²) in [5, 5.41) is 11.1. The quantitative estimate of drug-likeness (QED) is 0.457. The maximum Gasteiger partial charge on any atom is 0.270 e. The van der Waals surface area contributed by atoms with Gasteiger partial charge in [-0.25, -0.2) is 8.42 Å². The number of amides is 2. The lowest BCUT2D eigenvalue weighted by atomic mass is 10.1. The van der Waals surface area contributed by atoms with Gasteiger partial charge in [0.25, 0.3) is 11.6 Å². The summed E-state index contributed by atoms with van der Waals surface area (Å²) in [5.74, 6) is -0.266. The Morgan fingerprint density at radius 3 is 2.32 bits per heavy atom. The molecule has 11 heteroatoms. The van der Waals surface area contributed by atoms with Gasteiger partial charge in [-0.15, -0.1) is 0 Å². The molecule has 180 valence electrons. The molecule has 0 aromatic heterocycles. The number of nitrogens with zero attached hydrogens (tertiary/aromatic N) is 4. The Balaban J connectivity index is 1.50. The Morgan fingerprint density at radius 2 is 1.71 bits per heavy atom. The number of hydrogen-bond donors (Lipinski definition) is 0. The van der Waals surface area contributed by atoms with Gasteiger partial charge in [0.2, 0.25) is 15.9 Å². The highest BCUT2D eigenvalue weighted by molar-refractivity contribution is 7.89. The van der Waals surface area contributed by atoms with E-state index in [1.807, 2.05) is 0 Å².